The number of ether oxygens (including phenoxy) is 1. The van der Waals surface area contributed by atoms with E-state index in [2.05, 4.69) is 37.4 Å². The third kappa shape index (κ3) is 4.50. The molecule has 0 N–H and O–H groups in total. The van der Waals surface area contributed by atoms with Crippen LogP contribution in [-0.2, 0) is 11.2 Å². The van der Waals surface area contributed by atoms with E-state index in [1.807, 2.05) is 36.1 Å². The minimum Gasteiger partial charge on any atom is -0.456 e. The van der Waals surface area contributed by atoms with Gasteiger partial charge in [0.1, 0.15) is 29.8 Å². The maximum Gasteiger partial charge on any atom is 0.245 e. The van der Waals surface area contributed by atoms with Crippen molar-refractivity contribution in [1.29, 1.82) is 0 Å². The van der Waals surface area contributed by atoms with Gasteiger partial charge in [0.2, 0.25) is 5.91 Å². The summed E-state index contributed by atoms with van der Waals surface area (Å²) in [7, 11) is 0. The van der Waals surface area contributed by atoms with Crippen LogP contribution in [0.3, 0.4) is 0 Å². The smallest absolute Gasteiger partial charge is 0.245 e. The molecular formula is C28H26ClN7O2. The van der Waals surface area contributed by atoms with Crippen molar-refractivity contribution in [1.82, 2.24) is 34.0 Å². The summed E-state index contributed by atoms with van der Waals surface area (Å²) in [5, 5.41) is 5.65. The van der Waals surface area contributed by atoms with Crippen LogP contribution in [0.25, 0.3) is 22.4 Å². The molecule has 0 bridgehead atoms. The van der Waals surface area contributed by atoms with Crippen LogP contribution in [-0.4, -0.2) is 53.0 Å². The third-order valence-electron chi connectivity index (χ3n) is 7.13. The lowest BCUT2D eigenvalue weighted by Crippen LogP contribution is -2.37. The van der Waals surface area contributed by atoms with Gasteiger partial charge in [0, 0.05) is 42.6 Å². The lowest BCUT2D eigenvalue weighted by Gasteiger charge is -2.31. The van der Waals surface area contributed by atoms with Gasteiger partial charge in [-0.2, -0.15) is 5.10 Å². The summed E-state index contributed by atoms with van der Waals surface area (Å²) in [5.74, 6) is 1.65. The van der Waals surface area contributed by atoms with Crippen LogP contribution in [0.2, 0.25) is 5.02 Å². The molecule has 38 heavy (non-hydrogen) atoms. The second kappa shape index (κ2) is 9.90. The second-order valence-corrected chi connectivity index (χ2v) is 9.91. The monoisotopic (exact) mass is 527 g/mol. The highest BCUT2D eigenvalue weighted by Gasteiger charge is 2.24. The first kappa shape index (κ1) is 24.1. The Hall–Kier alpha value is -4.24. The third-order valence-corrected chi connectivity index (χ3v) is 7.43. The van der Waals surface area contributed by atoms with Gasteiger partial charge < -0.3 is 14.2 Å². The SMILES string of the molecule is C=CC(=O)N1CCC(Cc2cn(-c3ccc(Oc4ccn5ncnc5c4)c(Cl)c3)c3ncnc(C)c23)CC1. The molecule has 1 aromatic carbocycles. The van der Waals surface area contributed by atoms with Crippen LogP contribution in [0.1, 0.15) is 24.1 Å². The average Bonchev–Trinajstić information content (AvgIpc) is 3.55. The molecule has 0 aliphatic carbocycles. The lowest BCUT2D eigenvalue weighted by molar-refractivity contribution is -0.127. The van der Waals surface area contributed by atoms with E-state index in [4.69, 9.17) is 16.3 Å². The van der Waals surface area contributed by atoms with Gasteiger partial charge in [0.25, 0.3) is 0 Å². The lowest BCUT2D eigenvalue weighted by atomic mass is 9.90. The molecule has 0 unspecified atom stereocenters. The van der Waals surface area contributed by atoms with Gasteiger partial charge >= 0.3 is 0 Å². The van der Waals surface area contributed by atoms with Crippen molar-refractivity contribution in [3.8, 4) is 17.2 Å². The van der Waals surface area contributed by atoms with Gasteiger partial charge in [-0.25, -0.2) is 19.5 Å². The summed E-state index contributed by atoms with van der Waals surface area (Å²) < 4.78 is 9.77. The maximum absolute atomic E-state index is 12.0. The Bertz CT molecular complexity index is 1670. The average molecular weight is 528 g/mol. The number of hydrogen-bond donors (Lipinski definition) is 0. The van der Waals surface area contributed by atoms with Crippen LogP contribution in [0.5, 0.6) is 11.5 Å². The zero-order chi connectivity index (χ0) is 26.2. The number of pyridine rings is 1. The van der Waals surface area contributed by atoms with Gasteiger partial charge in [-0.3, -0.25) is 4.79 Å². The number of piperidine rings is 1. The van der Waals surface area contributed by atoms with Crippen molar-refractivity contribution >= 4 is 34.2 Å². The van der Waals surface area contributed by atoms with E-state index in [0.717, 1.165) is 54.8 Å². The number of fused-ring (bicyclic) bond motifs is 2. The molecular weight excluding hydrogens is 502 g/mol. The predicted octanol–water partition coefficient (Wildman–Crippen LogP) is 5.18. The number of likely N-dealkylation sites (tertiary alicyclic amines) is 1. The number of benzene rings is 1. The first-order valence-electron chi connectivity index (χ1n) is 12.5. The number of aryl methyl sites for hydroxylation is 1. The molecule has 0 radical (unpaired) electrons. The topological polar surface area (TPSA) is 90.4 Å². The number of halogens is 1. The molecule has 5 aromatic rings. The van der Waals surface area contributed by atoms with Crippen molar-refractivity contribution < 1.29 is 9.53 Å². The van der Waals surface area contributed by atoms with Crippen molar-refractivity contribution in [3.05, 3.63) is 84.3 Å². The summed E-state index contributed by atoms with van der Waals surface area (Å²) in [4.78, 5) is 27.1. The van der Waals surface area contributed by atoms with E-state index >= 15 is 0 Å². The van der Waals surface area contributed by atoms with Gasteiger partial charge in [-0.1, -0.05) is 18.2 Å². The van der Waals surface area contributed by atoms with Gasteiger partial charge in [-0.15, -0.1) is 0 Å². The molecule has 9 nitrogen and oxygen atoms in total. The standard InChI is InChI=1S/C28H26ClN7O2/c1-3-26(37)34-9-6-19(7-10-34)12-20-15-35(28-27(20)18(2)30-16-32-28)21-4-5-24(23(29)13-21)38-22-8-11-36-25(14-22)31-17-33-36/h3-5,8,11,13-17,19H,1,6-7,9-10,12H2,2H3. The fraction of sp³-hybridized carbons (Fsp3) is 0.250. The van der Waals surface area contributed by atoms with Crippen LogP contribution in [0.15, 0.2) is 68.0 Å². The minimum atomic E-state index is 0.00711. The summed E-state index contributed by atoms with van der Waals surface area (Å²) in [6.07, 6.45) is 11.2. The van der Waals surface area contributed by atoms with Crippen LogP contribution >= 0.6 is 11.6 Å². The predicted molar refractivity (Wildman–Crippen MR) is 145 cm³/mol. The number of carbonyl (C=O) groups is 1. The molecule has 5 heterocycles. The molecule has 1 fully saturated rings. The van der Waals surface area contributed by atoms with Crippen LogP contribution in [0, 0.1) is 12.8 Å². The second-order valence-electron chi connectivity index (χ2n) is 9.50. The normalized spacial score (nSPS) is 14.3. The zero-order valence-corrected chi connectivity index (χ0v) is 21.7. The largest absolute Gasteiger partial charge is 0.456 e. The van der Waals surface area contributed by atoms with E-state index in [1.165, 1.54) is 18.0 Å². The van der Waals surface area contributed by atoms with Crippen LogP contribution in [0.4, 0.5) is 0 Å². The van der Waals surface area contributed by atoms with Gasteiger partial charge in [0.15, 0.2) is 5.65 Å². The van der Waals surface area contributed by atoms with E-state index < -0.39 is 0 Å². The highest BCUT2D eigenvalue weighted by molar-refractivity contribution is 6.32. The van der Waals surface area contributed by atoms with Crippen molar-refractivity contribution in [2.24, 2.45) is 5.92 Å². The molecule has 10 heteroatoms. The van der Waals surface area contributed by atoms with Crippen molar-refractivity contribution in [2.45, 2.75) is 26.2 Å². The quantitative estimate of drug-likeness (QED) is 0.282. The zero-order valence-electron chi connectivity index (χ0n) is 20.9. The first-order chi connectivity index (χ1) is 18.5. The van der Waals surface area contributed by atoms with Gasteiger partial charge in [0.05, 0.1) is 10.7 Å². The van der Waals surface area contributed by atoms with Crippen molar-refractivity contribution in [3.63, 3.8) is 0 Å². The fourth-order valence-corrected chi connectivity index (χ4v) is 5.37. The summed E-state index contributed by atoms with van der Waals surface area (Å²) in [6.45, 7) is 7.13. The number of rotatable bonds is 6. The molecule has 1 aliphatic rings. The minimum absolute atomic E-state index is 0.00711. The molecule has 1 amide bonds. The summed E-state index contributed by atoms with van der Waals surface area (Å²) >= 11 is 6.68. The van der Waals surface area contributed by atoms with E-state index in [-0.39, 0.29) is 5.91 Å². The number of hydrogen-bond acceptors (Lipinski definition) is 6. The molecule has 192 valence electrons. The summed E-state index contributed by atoms with van der Waals surface area (Å²) in [5.41, 5.74) is 4.56. The van der Waals surface area contributed by atoms with E-state index in [9.17, 15) is 4.79 Å². The maximum atomic E-state index is 12.0. The Kier molecular flexibility index (Phi) is 6.29. The molecule has 0 saturated carbocycles. The summed E-state index contributed by atoms with van der Waals surface area (Å²) in [6, 6.07) is 9.33. The molecule has 1 aliphatic heterocycles. The van der Waals surface area contributed by atoms with E-state index in [0.29, 0.717) is 28.1 Å². The number of amides is 1. The molecule has 0 spiro atoms. The number of aromatic nitrogens is 6. The number of carbonyl (C=O) groups excluding carboxylic acids is 1. The van der Waals surface area contributed by atoms with E-state index in [1.54, 1.807) is 23.1 Å². The Morgan fingerprint density at radius 1 is 1.16 bits per heavy atom. The molecule has 1 saturated heterocycles. The fourth-order valence-electron chi connectivity index (χ4n) is 5.16. The first-order valence-corrected chi connectivity index (χ1v) is 12.9. The van der Waals surface area contributed by atoms with Gasteiger partial charge in [-0.05, 0) is 68.0 Å². The Labute approximate surface area is 224 Å². The number of nitrogens with zero attached hydrogens (tertiary/aromatic N) is 7. The highest BCUT2D eigenvalue weighted by atomic mass is 35.5. The van der Waals surface area contributed by atoms with Crippen molar-refractivity contribution in [2.75, 3.05) is 13.1 Å². The Morgan fingerprint density at radius 3 is 2.79 bits per heavy atom. The Balaban J connectivity index is 1.27. The molecule has 0 atom stereocenters. The highest BCUT2D eigenvalue weighted by Crippen LogP contribution is 2.34. The van der Waals surface area contributed by atoms with Crippen LogP contribution < -0.4 is 4.74 Å². The molecule has 4 aromatic heterocycles. The molecule has 6 rings (SSSR count). The Morgan fingerprint density at radius 2 is 2.00 bits per heavy atom.